The molecule has 1 aliphatic heterocycles. The number of aromatic nitrogens is 5. The highest BCUT2D eigenvalue weighted by atomic mass is 32.2. The molecule has 0 aliphatic carbocycles. The zero-order valence-electron chi connectivity index (χ0n) is 19.8. The fourth-order valence-electron chi connectivity index (χ4n) is 4.91. The SMILES string of the molecule is Cc1nn(C)c2[nH]c(=O)c(CCC(=O)N3CCN(S(=O)(=O)c4c[nH]c5ncccc45)CC3)c(C)c12. The van der Waals surface area contributed by atoms with E-state index in [-0.39, 0.29) is 35.9 Å². The van der Waals surface area contributed by atoms with Crippen molar-refractivity contribution in [3.63, 3.8) is 0 Å². The molecule has 11 nitrogen and oxygen atoms in total. The first-order valence-electron chi connectivity index (χ1n) is 11.4. The lowest BCUT2D eigenvalue weighted by Crippen LogP contribution is -2.50. The fourth-order valence-corrected chi connectivity index (χ4v) is 6.48. The third-order valence-corrected chi connectivity index (χ3v) is 8.71. The first kappa shape index (κ1) is 23.2. The molecule has 0 aromatic carbocycles. The van der Waals surface area contributed by atoms with Crippen LogP contribution < -0.4 is 5.56 Å². The summed E-state index contributed by atoms with van der Waals surface area (Å²) >= 11 is 0. The maximum absolute atomic E-state index is 13.2. The van der Waals surface area contributed by atoms with Gasteiger partial charge in [-0.1, -0.05) is 0 Å². The summed E-state index contributed by atoms with van der Waals surface area (Å²) < 4.78 is 29.4. The molecular weight excluding hydrogens is 470 g/mol. The molecule has 0 unspecified atom stereocenters. The van der Waals surface area contributed by atoms with Crippen LogP contribution in [0.15, 0.2) is 34.2 Å². The Morgan fingerprint density at radius 3 is 2.66 bits per heavy atom. The second kappa shape index (κ2) is 8.61. The standard InChI is InChI=1S/C23H27N7O4S/c1-14-16(23(32)26-22-20(14)15(2)27-28(22)3)6-7-19(31)29-9-11-30(12-10-29)35(33,34)18-13-25-21-17(18)5-4-8-24-21/h4-5,8,13H,6-7,9-12H2,1-3H3,(H,24,25)(H,26,32). The highest BCUT2D eigenvalue weighted by Gasteiger charge is 2.32. The molecule has 5 heterocycles. The van der Waals surface area contributed by atoms with E-state index in [2.05, 4.69) is 20.1 Å². The number of H-pyrrole nitrogens is 2. The molecule has 0 bridgehead atoms. The maximum atomic E-state index is 13.2. The molecule has 1 aliphatic rings. The molecule has 35 heavy (non-hydrogen) atoms. The number of nitrogens with one attached hydrogen (secondary N) is 2. The molecule has 1 saturated heterocycles. The zero-order chi connectivity index (χ0) is 24.9. The average molecular weight is 498 g/mol. The third kappa shape index (κ3) is 3.92. The Balaban J connectivity index is 1.25. The van der Waals surface area contributed by atoms with Crippen LogP contribution in [0.2, 0.25) is 0 Å². The molecule has 12 heteroatoms. The zero-order valence-corrected chi connectivity index (χ0v) is 20.6. The average Bonchev–Trinajstić information content (AvgIpc) is 3.40. The van der Waals surface area contributed by atoms with Crippen LogP contribution in [-0.2, 0) is 28.3 Å². The second-order valence-electron chi connectivity index (χ2n) is 8.83. The van der Waals surface area contributed by atoms with Gasteiger partial charge in [0.05, 0.1) is 5.69 Å². The fraction of sp³-hybridized carbons (Fsp3) is 0.391. The Bertz CT molecular complexity index is 1610. The quantitative estimate of drug-likeness (QED) is 0.425. The second-order valence-corrected chi connectivity index (χ2v) is 10.7. The molecule has 0 spiro atoms. The van der Waals surface area contributed by atoms with Gasteiger partial charge in [0.2, 0.25) is 15.9 Å². The highest BCUT2D eigenvalue weighted by Crippen LogP contribution is 2.25. The van der Waals surface area contributed by atoms with Gasteiger partial charge in [-0.05, 0) is 38.0 Å². The summed E-state index contributed by atoms with van der Waals surface area (Å²) in [6, 6.07) is 3.42. The topological polar surface area (TPSA) is 137 Å². The van der Waals surface area contributed by atoms with Crippen molar-refractivity contribution in [1.82, 2.24) is 33.9 Å². The van der Waals surface area contributed by atoms with Crippen LogP contribution in [0.1, 0.15) is 23.2 Å². The van der Waals surface area contributed by atoms with Gasteiger partial charge < -0.3 is 14.9 Å². The normalized spacial score (nSPS) is 15.3. The lowest BCUT2D eigenvalue weighted by atomic mass is 10.0. The Kier molecular flexibility index (Phi) is 5.72. The molecule has 5 rings (SSSR count). The lowest BCUT2D eigenvalue weighted by molar-refractivity contribution is -0.132. The van der Waals surface area contributed by atoms with E-state index in [9.17, 15) is 18.0 Å². The summed E-state index contributed by atoms with van der Waals surface area (Å²) in [5.74, 6) is -0.0971. The van der Waals surface area contributed by atoms with Crippen LogP contribution in [0, 0.1) is 13.8 Å². The molecule has 184 valence electrons. The molecule has 0 radical (unpaired) electrons. The summed E-state index contributed by atoms with van der Waals surface area (Å²) in [5.41, 5.74) is 3.22. The highest BCUT2D eigenvalue weighted by molar-refractivity contribution is 7.89. The smallest absolute Gasteiger partial charge is 0.253 e. The summed E-state index contributed by atoms with van der Waals surface area (Å²) in [5, 5.41) is 5.83. The maximum Gasteiger partial charge on any atom is 0.253 e. The van der Waals surface area contributed by atoms with Crippen LogP contribution in [0.3, 0.4) is 0 Å². The number of hydrogen-bond donors (Lipinski definition) is 2. The van der Waals surface area contributed by atoms with Gasteiger partial charge in [-0.2, -0.15) is 9.40 Å². The Hall–Kier alpha value is -3.51. The first-order chi connectivity index (χ1) is 16.7. The van der Waals surface area contributed by atoms with Crippen LogP contribution in [-0.4, -0.2) is 74.4 Å². The predicted molar refractivity (Wildman–Crippen MR) is 131 cm³/mol. The predicted octanol–water partition coefficient (Wildman–Crippen LogP) is 1.22. The number of pyridine rings is 2. The Morgan fingerprint density at radius 2 is 1.91 bits per heavy atom. The van der Waals surface area contributed by atoms with E-state index in [0.717, 1.165) is 16.6 Å². The largest absolute Gasteiger partial charge is 0.345 e. The van der Waals surface area contributed by atoms with Gasteiger partial charge in [-0.15, -0.1) is 0 Å². The van der Waals surface area contributed by atoms with Crippen LogP contribution in [0.25, 0.3) is 22.1 Å². The molecule has 0 saturated carbocycles. The number of aryl methyl sites for hydroxylation is 3. The Labute approximate surface area is 201 Å². The summed E-state index contributed by atoms with van der Waals surface area (Å²) in [6.07, 6.45) is 3.55. The van der Waals surface area contributed by atoms with Gasteiger partial charge in [-0.25, -0.2) is 13.4 Å². The molecule has 4 aromatic heterocycles. The van der Waals surface area contributed by atoms with Crippen molar-refractivity contribution in [3.05, 3.63) is 51.7 Å². The Morgan fingerprint density at radius 1 is 1.17 bits per heavy atom. The van der Waals surface area contributed by atoms with Gasteiger partial charge in [0.15, 0.2) is 0 Å². The lowest BCUT2D eigenvalue weighted by Gasteiger charge is -2.34. The number of rotatable bonds is 5. The number of carbonyl (C=O) groups excluding carboxylic acids is 1. The minimum Gasteiger partial charge on any atom is -0.345 e. The van der Waals surface area contributed by atoms with Crippen LogP contribution in [0.5, 0.6) is 0 Å². The number of amides is 1. The summed E-state index contributed by atoms with van der Waals surface area (Å²) in [4.78, 5) is 37.4. The molecule has 4 aromatic rings. The van der Waals surface area contributed by atoms with Crippen molar-refractivity contribution in [2.75, 3.05) is 26.2 Å². The van der Waals surface area contributed by atoms with Crippen molar-refractivity contribution in [2.24, 2.45) is 7.05 Å². The van der Waals surface area contributed by atoms with Gasteiger partial charge in [0.1, 0.15) is 16.2 Å². The van der Waals surface area contributed by atoms with Crippen LogP contribution in [0.4, 0.5) is 0 Å². The molecule has 0 atom stereocenters. The van der Waals surface area contributed by atoms with E-state index in [1.165, 1.54) is 10.5 Å². The number of hydrogen-bond acceptors (Lipinski definition) is 6. The van der Waals surface area contributed by atoms with Crippen LogP contribution >= 0.6 is 0 Å². The number of piperazine rings is 1. The number of sulfonamides is 1. The molecular formula is C23H27N7O4S. The van der Waals surface area contributed by atoms with Crippen molar-refractivity contribution >= 4 is 38.0 Å². The minimum absolute atomic E-state index is 0.0971. The van der Waals surface area contributed by atoms with E-state index in [4.69, 9.17) is 0 Å². The van der Waals surface area contributed by atoms with Crippen molar-refractivity contribution in [1.29, 1.82) is 0 Å². The molecule has 1 amide bonds. The van der Waals surface area contributed by atoms with E-state index in [1.54, 1.807) is 35.0 Å². The van der Waals surface area contributed by atoms with Crippen molar-refractivity contribution in [2.45, 2.75) is 31.6 Å². The van der Waals surface area contributed by atoms with Gasteiger partial charge >= 0.3 is 0 Å². The van der Waals surface area contributed by atoms with Gasteiger partial charge in [0, 0.05) is 68.4 Å². The molecule has 1 fully saturated rings. The van der Waals surface area contributed by atoms with E-state index < -0.39 is 10.0 Å². The summed E-state index contributed by atoms with van der Waals surface area (Å²) in [6.45, 7) is 4.80. The number of nitrogens with zero attached hydrogens (tertiary/aromatic N) is 5. The van der Waals surface area contributed by atoms with E-state index >= 15 is 0 Å². The number of aromatic amines is 2. The third-order valence-electron chi connectivity index (χ3n) is 6.77. The summed E-state index contributed by atoms with van der Waals surface area (Å²) in [7, 11) is -1.93. The van der Waals surface area contributed by atoms with E-state index in [1.807, 2.05) is 13.8 Å². The van der Waals surface area contributed by atoms with Gasteiger partial charge in [-0.3, -0.25) is 14.3 Å². The number of carbonyl (C=O) groups is 1. The van der Waals surface area contributed by atoms with E-state index in [0.29, 0.717) is 41.8 Å². The first-order valence-corrected chi connectivity index (χ1v) is 12.9. The van der Waals surface area contributed by atoms with Crippen molar-refractivity contribution < 1.29 is 13.2 Å². The monoisotopic (exact) mass is 497 g/mol. The van der Waals surface area contributed by atoms with Gasteiger partial charge in [0.25, 0.3) is 5.56 Å². The van der Waals surface area contributed by atoms with Crippen molar-refractivity contribution in [3.8, 4) is 0 Å². The minimum atomic E-state index is -3.71. The number of fused-ring (bicyclic) bond motifs is 2. The molecule has 2 N–H and O–H groups in total.